The predicted octanol–water partition coefficient (Wildman–Crippen LogP) is 2.88. The van der Waals surface area contributed by atoms with E-state index in [1.165, 1.54) is 6.92 Å². The number of anilines is 1. The summed E-state index contributed by atoms with van der Waals surface area (Å²) in [5, 5.41) is 25.8. The van der Waals surface area contributed by atoms with Gasteiger partial charge >= 0.3 is 12.4 Å². The molecule has 1 amide bonds. The summed E-state index contributed by atoms with van der Waals surface area (Å²) in [6.45, 7) is 1.90. The lowest BCUT2D eigenvalue weighted by molar-refractivity contribution is -0.376. The minimum atomic E-state index is -6.15. The number of fused-ring (bicyclic) bond motifs is 1. The molecule has 0 aromatic heterocycles. The van der Waals surface area contributed by atoms with Crippen molar-refractivity contribution in [3.63, 3.8) is 0 Å². The number of rotatable bonds is 6. The number of aliphatic hydroxyl groups is 2. The number of nitrogens with zero attached hydrogens (tertiary/aromatic N) is 1. The minimum absolute atomic E-state index is 0.185. The van der Waals surface area contributed by atoms with Crippen LogP contribution in [0.2, 0.25) is 0 Å². The van der Waals surface area contributed by atoms with Crippen LogP contribution in [-0.4, -0.2) is 67.7 Å². The molecule has 0 bridgehead atoms. The molecule has 8 nitrogen and oxygen atoms in total. The Morgan fingerprint density at radius 3 is 2.24 bits per heavy atom. The topological polar surface area (TPSA) is 119 Å². The lowest BCUT2D eigenvalue weighted by atomic mass is 9.87. The summed E-state index contributed by atoms with van der Waals surface area (Å²) < 4.78 is 123. The van der Waals surface area contributed by atoms with E-state index in [2.05, 4.69) is 10.6 Å². The van der Waals surface area contributed by atoms with Crippen LogP contribution < -0.4 is 14.9 Å². The Morgan fingerprint density at radius 1 is 1.10 bits per heavy atom. The highest BCUT2D eigenvalue weighted by molar-refractivity contribution is 7.92. The van der Waals surface area contributed by atoms with Crippen LogP contribution in [0.3, 0.4) is 0 Å². The third kappa shape index (κ3) is 5.61. The molecule has 0 spiro atoms. The summed E-state index contributed by atoms with van der Waals surface area (Å²) in [6, 6.07) is 3.19. The van der Waals surface area contributed by atoms with Crippen molar-refractivity contribution in [1.82, 2.24) is 10.6 Å². The second-order valence-corrected chi connectivity index (χ2v) is 12.1. The highest BCUT2D eigenvalue weighted by Gasteiger charge is 2.71. The van der Waals surface area contributed by atoms with E-state index in [0.29, 0.717) is 22.5 Å². The van der Waals surface area contributed by atoms with E-state index in [0.717, 1.165) is 24.3 Å². The van der Waals surface area contributed by atoms with E-state index in [9.17, 15) is 54.2 Å². The average Bonchev–Trinajstić information content (AvgIpc) is 3.18. The maximum absolute atomic E-state index is 13.7. The van der Waals surface area contributed by atoms with Crippen molar-refractivity contribution in [2.75, 3.05) is 17.4 Å². The highest BCUT2D eigenvalue weighted by Crippen LogP contribution is 2.51. The van der Waals surface area contributed by atoms with Crippen LogP contribution in [0.15, 0.2) is 47.4 Å². The molecule has 2 aromatic rings. The monoisotopic (exact) mass is 613 g/mol. The molecule has 2 aromatic carbocycles. The first-order valence-corrected chi connectivity index (χ1v) is 13.7. The maximum atomic E-state index is 13.7. The van der Waals surface area contributed by atoms with Gasteiger partial charge in [0.2, 0.25) is 5.91 Å². The quantitative estimate of drug-likeness (QED) is 0.373. The van der Waals surface area contributed by atoms with Crippen molar-refractivity contribution in [3.05, 3.63) is 59.4 Å². The molecule has 0 saturated carbocycles. The van der Waals surface area contributed by atoms with Crippen LogP contribution in [0.1, 0.15) is 30.9 Å². The molecule has 3 atom stereocenters. The molecule has 2 aliphatic rings. The first-order chi connectivity index (χ1) is 18.8. The Bertz CT molecular complexity index is 1400. The number of halogens is 7. The number of β-amino-alcohol motifs (C(OH)–C–C–N with tert-alkyl or cyclic N) is 1. The highest BCUT2D eigenvalue weighted by atomic mass is 32.2. The SMILES string of the molecule is C[C@@]1(O)CNC[C@H]1NC(=O)C[C@@H]1CCc2cc(C(O)(C(F)(F)F)C(F)(F)F)ccc2N1S(=O)(=O)c1ccc(F)cc1. The second-order valence-electron chi connectivity index (χ2n) is 10.3. The van der Waals surface area contributed by atoms with Crippen molar-refractivity contribution >= 4 is 21.6 Å². The zero-order valence-electron chi connectivity index (χ0n) is 21.4. The fourth-order valence-electron chi connectivity index (χ4n) is 5.07. The van der Waals surface area contributed by atoms with Crippen molar-refractivity contribution in [1.29, 1.82) is 0 Å². The molecule has 16 heteroatoms. The largest absolute Gasteiger partial charge is 0.430 e. The summed E-state index contributed by atoms with van der Waals surface area (Å²) in [5.74, 6) is -1.42. The fourth-order valence-corrected chi connectivity index (χ4v) is 6.78. The number of amides is 1. The Hall–Kier alpha value is -2.95. The van der Waals surface area contributed by atoms with Gasteiger partial charge in [-0.15, -0.1) is 0 Å². The lowest BCUT2D eigenvalue weighted by Gasteiger charge is -2.39. The number of sulfonamides is 1. The Kier molecular flexibility index (Phi) is 7.86. The number of carbonyl (C=O) groups excluding carboxylic acids is 1. The zero-order chi connectivity index (χ0) is 30.6. The Balaban J connectivity index is 1.77. The average molecular weight is 614 g/mol. The van der Waals surface area contributed by atoms with Crippen LogP contribution in [-0.2, 0) is 26.8 Å². The molecule has 4 rings (SSSR count). The van der Waals surface area contributed by atoms with Gasteiger partial charge in [0.05, 0.1) is 28.3 Å². The van der Waals surface area contributed by atoms with Gasteiger partial charge in [-0.3, -0.25) is 9.10 Å². The standard InChI is InChI=1S/C25H26F7N3O5S/c1-22(37)13-33-12-20(22)34-21(36)11-17-6-2-14-10-15(23(38,24(27,28)29)25(30,31)32)3-9-19(14)35(17)41(39,40)18-7-4-16(26)5-8-18/h3-5,7-10,17,20,33,37-38H,2,6,11-13H2,1H3,(H,34,36)/t17-,20+,22+/m0/s1. The van der Waals surface area contributed by atoms with Crippen LogP contribution in [0.5, 0.6) is 0 Å². The molecule has 41 heavy (non-hydrogen) atoms. The first-order valence-electron chi connectivity index (χ1n) is 12.3. The van der Waals surface area contributed by atoms with E-state index < -0.39 is 74.3 Å². The van der Waals surface area contributed by atoms with E-state index in [-0.39, 0.29) is 37.2 Å². The number of nitrogens with one attached hydrogen (secondary N) is 2. The number of benzene rings is 2. The molecular formula is C25H26F7N3O5S. The minimum Gasteiger partial charge on any atom is -0.387 e. The van der Waals surface area contributed by atoms with E-state index in [1.807, 2.05) is 0 Å². The number of hydrogen-bond acceptors (Lipinski definition) is 6. The summed E-state index contributed by atoms with van der Waals surface area (Å²) >= 11 is 0. The van der Waals surface area contributed by atoms with Crippen LogP contribution in [0.4, 0.5) is 36.4 Å². The molecule has 226 valence electrons. The molecule has 0 radical (unpaired) electrons. The smallest absolute Gasteiger partial charge is 0.387 e. The second kappa shape index (κ2) is 10.4. The van der Waals surface area contributed by atoms with E-state index >= 15 is 0 Å². The third-order valence-electron chi connectivity index (χ3n) is 7.34. The zero-order valence-corrected chi connectivity index (χ0v) is 22.2. The number of hydrogen-bond donors (Lipinski definition) is 4. The molecule has 2 heterocycles. The number of alkyl halides is 6. The summed E-state index contributed by atoms with van der Waals surface area (Å²) in [4.78, 5) is 12.5. The molecular weight excluding hydrogens is 587 g/mol. The molecule has 2 aliphatic heterocycles. The van der Waals surface area contributed by atoms with Crippen molar-refractivity contribution in [2.45, 2.75) is 66.7 Å². The normalized spacial score (nSPS) is 23.8. The van der Waals surface area contributed by atoms with Gasteiger partial charge < -0.3 is 20.8 Å². The van der Waals surface area contributed by atoms with Crippen LogP contribution in [0.25, 0.3) is 0 Å². The van der Waals surface area contributed by atoms with E-state index in [4.69, 9.17) is 0 Å². The number of aryl methyl sites for hydroxylation is 1. The van der Waals surface area contributed by atoms with Crippen molar-refractivity contribution in [3.8, 4) is 0 Å². The molecule has 0 aliphatic carbocycles. The predicted molar refractivity (Wildman–Crippen MR) is 131 cm³/mol. The molecule has 0 unspecified atom stereocenters. The van der Waals surface area contributed by atoms with Gasteiger partial charge in [-0.1, -0.05) is 12.1 Å². The Morgan fingerprint density at radius 2 is 1.71 bits per heavy atom. The van der Waals surface area contributed by atoms with Crippen LogP contribution >= 0.6 is 0 Å². The molecule has 1 fully saturated rings. The van der Waals surface area contributed by atoms with Gasteiger partial charge in [-0.2, -0.15) is 26.3 Å². The van der Waals surface area contributed by atoms with Gasteiger partial charge in [-0.25, -0.2) is 12.8 Å². The van der Waals surface area contributed by atoms with Gasteiger partial charge in [0.15, 0.2) is 0 Å². The molecule has 1 saturated heterocycles. The van der Waals surface area contributed by atoms with Crippen LogP contribution in [0, 0.1) is 5.82 Å². The van der Waals surface area contributed by atoms with Gasteiger partial charge in [-0.05, 0) is 55.7 Å². The lowest BCUT2D eigenvalue weighted by Crippen LogP contribution is -2.54. The first kappa shape index (κ1) is 31.0. The third-order valence-corrected chi connectivity index (χ3v) is 9.22. The Labute approximate surface area is 230 Å². The molecule has 4 N–H and O–H groups in total. The van der Waals surface area contributed by atoms with Gasteiger partial charge in [0.25, 0.3) is 15.6 Å². The number of carbonyl (C=O) groups is 1. The summed E-state index contributed by atoms with van der Waals surface area (Å²) in [6.07, 6.45) is -13.2. The fraction of sp³-hybridized carbons (Fsp3) is 0.480. The van der Waals surface area contributed by atoms with Gasteiger partial charge in [0.1, 0.15) is 5.82 Å². The maximum Gasteiger partial charge on any atom is 0.430 e. The van der Waals surface area contributed by atoms with Crippen molar-refractivity contribution in [2.24, 2.45) is 0 Å². The summed E-state index contributed by atoms with van der Waals surface area (Å²) in [5.41, 5.74) is -8.62. The van der Waals surface area contributed by atoms with E-state index in [1.54, 1.807) is 0 Å². The van der Waals surface area contributed by atoms with Crippen molar-refractivity contribution < 1.29 is 54.2 Å². The summed E-state index contributed by atoms with van der Waals surface area (Å²) in [7, 11) is -4.62. The van der Waals surface area contributed by atoms with Gasteiger partial charge in [0, 0.05) is 25.1 Å².